The van der Waals surface area contributed by atoms with Crippen LogP contribution < -0.4 is 11.1 Å². The Morgan fingerprint density at radius 2 is 1.95 bits per heavy atom. The van der Waals surface area contributed by atoms with Gasteiger partial charge < -0.3 is 16.2 Å². The van der Waals surface area contributed by atoms with E-state index in [2.05, 4.69) is 5.32 Å². The molecule has 2 atom stereocenters. The summed E-state index contributed by atoms with van der Waals surface area (Å²) < 4.78 is 0. The van der Waals surface area contributed by atoms with Crippen molar-refractivity contribution in [2.45, 2.75) is 38.3 Å². The highest BCUT2D eigenvalue weighted by atomic mass is 16.4. The predicted octanol–water partition coefficient (Wildman–Crippen LogP) is 1.45. The Hall–Kier alpha value is -1.88. The van der Waals surface area contributed by atoms with E-state index in [-0.39, 0.29) is 18.4 Å². The predicted molar refractivity (Wildman–Crippen MR) is 72.5 cm³/mol. The van der Waals surface area contributed by atoms with E-state index < -0.39 is 12.0 Å². The van der Waals surface area contributed by atoms with Gasteiger partial charge in [0, 0.05) is 6.04 Å². The van der Waals surface area contributed by atoms with Crippen molar-refractivity contribution in [1.82, 2.24) is 5.32 Å². The Bertz CT molecular complexity index is 420. The van der Waals surface area contributed by atoms with E-state index in [1.807, 2.05) is 25.1 Å². The lowest BCUT2D eigenvalue weighted by atomic mass is 10.0. The van der Waals surface area contributed by atoms with Gasteiger partial charge in [-0.05, 0) is 12.0 Å². The maximum absolute atomic E-state index is 12.0. The Balaban J connectivity index is 2.63. The monoisotopic (exact) mass is 264 g/mol. The number of hydrogen-bond donors (Lipinski definition) is 3. The number of aliphatic carboxylic acids is 1. The first-order valence-electron chi connectivity index (χ1n) is 6.37. The lowest BCUT2D eigenvalue weighted by Crippen LogP contribution is -2.41. The van der Waals surface area contributed by atoms with Crippen molar-refractivity contribution in [3.05, 3.63) is 35.9 Å². The van der Waals surface area contributed by atoms with E-state index in [1.165, 1.54) is 0 Å². The lowest BCUT2D eigenvalue weighted by molar-refractivity contribution is -0.137. The number of nitrogens with two attached hydrogens (primary N) is 1. The van der Waals surface area contributed by atoms with Crippen molar-refractivity contribution in [3.8, 4) is 0 Å². The molecule has 104 valence electrons. The molecule has 0 saturated heterocycles. The second-order valence-electron chi connectivity index (χ2n) is 4.48. The summed E-state index contributed by atoms with van der Waals surface area (Å²) in [6.45, 7) is 1.94. The fourth-order valence-electron chi connectivity index (χ4n) is 1.89. The van der Waals surface area contributed by atoms with Gasteiger partial charge in [0.05, 0.1) is 6.42 Å². The zero-order chi connectivity index (χ0) is 14.3. The van der Waals surface area contributed by atoms with Crippen LogP contribution in [0.25, 0.3) is 0 Å². The average Bonchev–Trinajstić information content (AvgIpc) is 2.38. The maximum atomic E-state index is 12.0. The van der Waals surface area contributed by atoms with Gasteiger partial charge in [-0.1, -0.05) is 43.7 Å². The molecule has 19 heavy (non-hydrogen) atoms. The van der Waals surface area contributed by atoms with Gasteiger partial charge >= 0.3 is 5.97 Å². The molecule has 0 aliphatic rings. The van der Waals surface area contributed by atoms with Gasteiger partial charge in [0.25, 0.3) is 0 Å². The van der Waals surface area contributed by atoms with Gasteiger partial charge in [-0.2, -0.15) is 0 Å². The van der Waals surface area contributed by atoms with E-state index in [9.17, 15) is 9.59 Å². The van der Waals surface area contributed by atoms with Crippen LogP contribution in [0.15, 0.2) is 30.3 Å². The van der Waals surface area contributed by atoms with Crippen molar-refractivity contribution < 1.29 is 14.7 Å². The second-order valence-corrected chi connectivity index (χ2v) is 4.48. The molecular formula is C14H20N2O3. The number of benzene rings is 1. The number of carbonyl (C=O) groups is 2. The van der Waals surface area contributed by atoms with E-state index in [4.69, 9.17) is 10.8 Å². The summed E-state index contributed by atoms with van der Waals surface area (Å²) in [5, 5.41) is 11.5. The van der Waals surface area contributed by atoms with Crippen molar-refractivity contribution in [3.63, 3.8) is 0 Å². The normalized spacial score (nSPS) is 13.6. The number of carboxylic acids is 1. The van der Waals surface area contributed by atoms with Crippen molar-refractivity contribution >= 4 is 11.9 Å². The van der Waals surface area contributed by atoms with Gasteiger partial charge in [-0.3, -0.25) is 9.59 Å². The molecule has 5 heteroatoms. The van der Waals surface area contributed by atoms with Gasteiger partial charge in [-0.25, -0.2) is 0 Å². The molecule has 0 aliphatic carbocycles. The minimum absolute atomic E-state index is 0.0823. The molecule has 0 bridgehead atoms. The molecule has 0 heterocycles. The van der Waals surface area contributed by atoms with Gasteiger partial charge in [-0.15, -0.1) is 0 Å². The summed E-state index contributed by atoms with van der Waals surface area (Å²) >= 11 is 0. The first-order chi connectivity index (χ1) is 9.04. The quantitative estimate of drug-likeness (QED) is 0.695. The molecule has 4 N–H and O–H groups in total. The van der Waals surface area contributed by atoms with E-state index in [0.29, 0.717) is 12.0 Å². The van der Waals surface area contributed by atoms with Crippen LogP contribution in [0.3, 0.4) is 0 Å². The fourth-order valence-corrected chi connectivity index (χ4v) is 1.89. The zero-order valence-electron chi connectivity index (χ0n) is 11.0. The molecule has 0 aliphatic heterocycles. The summed E-state index contributed by atoms with van der Waals surface area (Å²) in [4.78, 5) is 22.7. The first kappa shape index (κ1) is 15.2. The highest BCUT2D eigenvalue weighted by Gasteiger charge is 2.20. The smallest absolute Gasteiger partial charge is 0.305 e. The summed E-state index contributed by atoms with van der Waals surface area (Å²) in [6, 6.07) is 7.87. The van der Waals surface area contributed by atoms with Crippen LogP contribution in [0.1, 0.15) is 37.8 Å². The van der Waals surface area contributed by atoms with Crippen molar-refractivity contribution in [2.75, 3.05) is 0 Å². The second kappa shape index (κ2) is 7.53. The molecule has 1 amide bonds. The zero-order valence-corrected chi connectivity index (χ0v) is 11.0. The summed E-state index contributed by atoms with van der Waals surface area (Å²) in [5.74, 6) is -1.27. The number of carbonyl (C=O) groups excluding carboxylic acids is 1. The number of rotatable bonds is 7. The van der Waals surface area contributed by atoms with E-state index >= 15 is 0 Å². The average molecular weight is 264 g/mol. The van der Waals surface area contributed by atoms with Crippen molar-refractivity contribution in [1.29, 1.82) is 0 Å². The number of amides is 1. The molecular weight excluding hydrogens is 244 g/mol. The van der Waals surface area contributed by atoms with E-state index in [0.717, 1.165) is 6.42 Å². The van der Waals surface area contributed by atoms with Crippen LogP contribution in [0.2, 0.25) is 0 Å². The molecule has 0 spiro atoms. The third-order valence-electron chi connectivity index (χ3n) is 2.85. The lowest BCUT2D eigenvalue weighted by Gasteiger charge is -2.19. The van der Waals surface area contributed by atoms with E-state index in [1.54, 1.807) is 12.1 Å². The fraction of sp³-hybridized carbons (Fsp3) is 0.429. The Kier molecular flexibility index (Phi) is 6.02. The third kappa shape index (κ3) is 5.09. The maximum Gasteiger partial charge on any atom is 0.305 e. The SMILES string of the molecule is CCCC(CC(=O)O)NC(=O)[C@H](N)c1ccccc1. The highest BCUT2D eigenvalue weighted by Crippen LogP contribution is 2.11. The van der Waals surface area contributed by atoms with Crippen LogP contribution in [0.5, 0.6) is 0 Å². The molecule has 1 unspecified atom stereocenters. The summed E-state index contributed by atoms with van der Waals surface area (Å²) in [5.41, 5.74) is 6.57. The Morgan fingerprint density at radius 1 is 1.32 bits per heavy atom. The van der Waals surface area contributed by atoms with Gasteiger partial charge in [0.15, 0.2) is 0 Å². The summed E-state index contributed by atoms with van der Waals surface area (Å²) in [7, 11) is 0. The van der Waals surface area contributed by atoms with Crippen LogP contribution in [-0.2, 0) is 9.59 Å². The van der Waals surface area contributed by atoms with Gasteiger partial charge in [0.2, 0.25) is 5.91 Å². The Labute approximate surface area is 112 Å². The minimum Gasteiger partial charge on any atom is -0.481 e. The van der Waals surface area contributed by atoms with Crippen molar-refractivity contribution in [2.24, 2.45) is 5.73 Å². The van der Waals surface area contributed by atoms with Crippen LogP contribution >= 0.6 is 0 Å². The molecule has 5 nitrogen and oxygen atoms in total. The van der Waals surface area contributed by atoms with Gasteiger partial charge in [0.1, 0.15) is 6.04 Å². The number of hydrogen-bond acceptors (Lipinski definition) is 3. The van der Waals surface area contributed by atoms with Crippen LogP contribution in [0.4, 0.5) is 0 Å². The molecule has 0 fully saturated rings. The Morgan fingerprint density at radius 3 is 2.47 bits per heavy atom. The number of nitrogens with one attached hydrogen (secondary N) is 1. The molecule has 1 rings (SSSR count). The first-order valence-corrected chi connectivity index (χ1v) is 6.37. The molecule has 0 aromatic heterocycles. The minimum atomic E-state index is -0.924. The largest absolute Gasteiger partial charge is 0.481 e. The molecule has 0 saturated carbocycles. The highest BCUT2D eigenvalue weighted by molar-refractivity contribution is 5.83. The standard InChI is InChI=1S/C14H20N2O3/c1-2-6-11(9-12(17)18)16-14(19)13(15)10-7-4-3-5-8-10/h3-5,7-8,11,13H,2,6,9,15H2,1H3,(H,16,19)(H,17,18)/t11?,13-/m1/s1. The van der Waals surface area contributed by atoms with Crippen LogP contribution in [-0.4, -0.2) is 23.0 Å². The van der Waals surface area contributed by atoms with Crippen LogP contribution in [0, 0.1) is 0 Å². The summed E-state index contributed by atoms with van der Waals surface area (Å²) in [6.07, 6.45) is 1.35. The third-order valence-corrected chi connectivity index (χ3v) is 2.85. The number of carboxylic acid groups (broad SMARTS) is 1. The molecule has 1 aromatic carbocycles. The molecule has 1 aromatic rings. The topological polar surface area (TPSA) is 92.4 Å². The molecule has 0 radical (unpaired) electrons.